The van der Waals surface area contributed by atoms with E-state index >= 15 is 0 Å². The Morgan fingerprint density at radius 2 is 1.86 bits per heavy atom. The SMILES string of the molecule is FC(F)(F)c1onc(-c2ccc(Cl)cc2)c1-c1cnc[nH]1. The maximum absolute atomic E-state index is 13.0. The van der Waals surface area contributed by atoms with Gasteiger partial charge in [0.15, 0.2) is 0 Å². The van der Waals surface area contributed by atoms with E-state index in [9.17, 15) is 13.2 Å². The number of benzene rings is 1. The summed E-state index contributed by atoms with van der Waals surface area (Å²) in [5.74, 6) is -1.17. The molecule has 4 nitrogen and oxygen atoms in total. The van der Waals surface area contributed by atoms with Crippen LogP contribution in [-0.4, -0.2) is 15.1 Å². The fraction of sp³-hybridized carbons (Fsp3) is 0.0769. The molecule has 2 heterocycles. The number of hydrogen-bond donors (Lipinski definition) is 1. The summed E-state index contributed by atoms with van der Waals surface area (Å²) >= 11 is 5.78. The highest BCUT2D eigenvalue weighted by atomic mass is 35.5. The summed E-state index contributed by atoms with van der Waals surface area (Å²) in [6.45, 7) is 0. The van der Waals surface area contributed by atoms with Crippen LogP contribution >= 0.6 is 11.6 Å². The van der Waals surface area contributed by atoms with E-state index in [0.29, 0.717) is 10.6 Å². The van der Waals surface area contributed by atoms with Crippen LogP contribution in [0.4, 0.5) is 13.2 Å². The number of rotatable bonds is 2. The van der Waals surface area contributed by atoms with Crippen LogP contribution in [0.1, 0.15) is 5.76 Å². The molecule has 0 amide bonds. The molecule has 0 aliphatic heterocycles. The third-order valence-electron chi connectivity index (χ3n) is 2.83. The van der Waals surface area contributed by atoms with Gasteiger partial charge >= 0.3 is 6.18 Å². The Morgan fingerprint density at radius 3 is 2.43 bits per heavy atom. The third-order valence-corrected chi connectivity index (χ3v) is 3.09. The van der Waals surface area contributed by atoms with Crippen LogP contribution < -0.4 is 0 Å². The number of halogens is 4. The molecule has 1 N–H and O–H groups in total. The molecule has 0 spiro atoms. The second-order valence-electron chi connectivity index (χ2n) is 4.21. The van der Waals surface area contributed by atoms with E-state index in [1.54, 1.807) is 24.3 Å². The summed E-state index contributed by atoms with van der Waals surface area (Å²) in [7, 11) is 0. The number of H-pyrrole nitrogens is 1. The highest BCUT2D eigenvalue weighted by Crippen LogP contribution is 2.41. The van der Waals surface area contributed by atoms with Crippen LogP contribution in [0.3, 0.4) is 0 Å². The maximum atomic E-state index is 13.0. The van der Waals surface area contributed by atoms with Crippen LogP contribution in [0.5, 0.6) is 0 Å². The van der Waals surface area contributed by atoms with Crippen molar-refractivity contribution >= 4 is 11.6 Å². The molecule has 0 radical (unpaired) electrons. The van der Waals surface area contributed by atoms with Gasteiger partial charge in [-0.15, -0.1) is 0 Å². The third kappa shape index (κ3) is 2.52. The second-order valence-corrected chi connectivity index (χ2v) is 4.64. The predicted octanol–water partition coefficient (Wildman–Crippen LogP) is 4.40. The quantitative estimate of drug-likeness (QED) is 0.762. The summed E-state index contributed by atoms with van der Waals surface area (Å²) < 4.78 is 43.6. The molecule has 8 heteroatoms. The van der Waals surface area contributed by atoms with Crippen molar-refractivity contribution < 1.29 is 17.7 Å². The monoisotopic (exact) mass is 313 g/mol. The molecule has 0 aliphatic carbocycles. The van der Waals surface area contributed by atoms with E-state index in [1.807, 2.05) is 0 Å². The summed E-state index contributed by atoms with van der Waals surface area (Å²) in [5, 5.41) is 4.03. The zero-order valence-electron chi connectivity index (χ0n) is 10.3. The van der Waals surface area contributed by atoms with Crippen LogP contribution in [-0.2, 0) is 6.18 Å². The zero-order chi connectivity index (χ0) is 15.0. The molecule has 1 aromatic carbocycles. The smallest absolute Gasteiger partial charge is 0.350 e. The van der Waals surface area contributed by atoms with Gasteiger partial charge in [-0.1, -0.05) is 28.9 Å². The van der Waals surface area contributed by atoms with Crippen molar-refractivity contribution in [1.82, 2.24) is 15.1 Å². The van der Waals surface area contributed by atoms with E-state index < -0.39 is 11.9 Å². The molecule has 0 saturated carbocycles. The minimum Gasteiger partial charge on any atom is -0.350 e. The van der Waals surface area contributed by atoms with Gasteiger partial charge in [-0.2, -0.15) is 13.2 Å². The molecule has 0 saturated heterocycles. The van der Waals surface area contributed by atoms with Gasteiger partial charge in [-0.25, -0.2) is 4.98 Å². The molecule has 0 atom stereocenters. The largest absolute Gasteiger partial charge is 0.453 e. The van der Waals surface area contributed by atoms with Crippen LogP contribution in [0.25, 0.3) is 22.5 Å². The Labute approximate surface area is 121 Å². The zero-order valence-corrected chi connectivity index (χ0v) is 11.0. The molecule has 3 rings (SSSR count). The molecule has 3 aromatic rings. The summed E-state index contributed by atoms with van der Waals surface area (Å²) in [5.41, 5.74) is 0.530. The molecule has 21 heavy (non-hydrogen) atoms. The maximum Gasteiger partial charge on any atom is 0.453 e. The number of imidazole rings is 1. The molecular formula is C13H7ClF3N3O. The normalized spacial score (nSPS) is 11.8. The Kier molecular flexibility index (Phi) is 3.21. The van der Waals surface area contributed by atoms with Crippen molar-refractivity contribution in [2.24, 2.45) is 0 Å². The minimum absolute atomic E-state index is 0.0724. The Hall–Kier alpha value is -2.28. The summed E-state index contributed by atoms with van der Waals surface area (Å²) in [6.07, 6.45) is -2.09. The van der Waals surface area contributed by atoms with E-state index in [1.165, 1.54) is 12.5 Å². The van der Waals surface area contributed by atoms with E-state index in [4.69, 9.17) is 11.6 Å². The Morgan fingerprint density at radius 1 is 1.14 bits per heavy atom. The first-order valence-corrected chi connectivity index (χ1v) is 6.16. The van der Waals surface area contributed by atoms with Gasteiger partial charge in [0.05, 0.1) is 23.8 Å². The van der Waals surface area contributed by atoms with Gasteiger partial charge in [0.25, 0.3) is 0 Å². The Balaban J connectivity index is 2.22. The lowest BCUT2D eigenvalue weighted by molar-refractivity contribution is -0.154. The highest BCUT2D eigenvalue weighted by Gasteiger charge is 2.41. The summed E-state index contributed by atoms with van der Waals surface area (Å²) in [6, 6.07) is 6.27. The highest BCUT2D eigenvalue weighted by molar-refractivity contribution is 6.30. The molecular weight excluding hydrogens is 307 g/mol. The lowest BCUT2D eigenvalue weighted by atomic mass is 10.0. The Bertz CT molecular complexity index is 748. The number of nitrogens with zero attached hydrogens (tertiary/aromatic N) is 2. The van der Waals surface area contributed by atoms with Gasteiger partial charge in [0, 0.05) is 10.6 Å². The van der Waals surface area contributed by atoms with E-state index in [-0.39, 0.29) is 17.0 Å². The number of aromatic amines is 1. The lowest BCUT2D eigenvalue weighted by Crippen LogP contribution is -2.05. The van der Waals surface area contributed by atoms with Crippen LogP contribution in [0.15, 0.2) is 41.3 Å². The second kappa shape index (κ2) is 4.92. The van der Waals surface area contributed by atoms with E-state index in [0.717, 1.165) is 0 Å². The van der Waals surface area contributed by atoms with Crippen molar-refractivity contribution in [1.29, 1.82) is 0 Å². The number of nitrogens with one attached hydrogen (secondary N) is 1. The fourth-order valence-electron chi connectivity index (χ4n) is 1.93. The number of alkyl halides is 3. The van der Waals surface area contributed by atoms with Gasteiger partial charge in [-0.3, -0.25) is 0 Å². The first-order chi connectivity index (χ1) is 9.97. The predicted molar refractivity (Wildman–Crippen MR) is 69.5 cm³/mol. The number of aromatic nitrogens is 3. The fourth-order valence-corrected chi connectivity index (χ4v) is 2.06. The minimum atomic E-state index is -4.65. The topological polar surface area (TPSA) is 54.7 Å². The molecule has 0 bridgehead atoms. The number of hydrogen-bond acceptors (Lipinski definition) is 3. The lowest BCUT2D eigenvalue weighted by Gasteiger charge is -2.05. The molecule has 108 valence electrons. The molecule has 2 aromatic heterocycles. The standard InChI is InChI=1S/C13H7ClF3N3O/c14-8-3-1-7(2-4-8)11-10(9-5-18-6-19-9)12(21-20-11)13(15,16)17/h1-6H,(H,18,19). The van der Waals surface area contributed by atoms with Crippen LogP contribution in [0.2, 0.25) is 5.02 Å². The molecule has 0 aliphatic rings. The van der Waals surface area contributed by atoms with E-state index in [2.05, 4.69) is 19.6 Å². The first-order valence-electron chi connectivity index (χ1n) is 5.78. The molecule has 0 fully saturated rings. The molecule has 0 unspecified atom stereocenters. The van der Waals surface area contributed by atoms with Crippen LogP contribution in [0, 0.1) is 0 Å². The van der Waals surface area contributed by atoms with Gasteiger partial charge in [0.1, 0.15) is 5.69 Å². The van der Waals surface area contributed by atoms with Gasteiger partial charge in [0.2, 0.25) is 5.76 Å². The average Bonchev–Trinajstić information content (AvgIpc) is 3.07. The van der Waals surface area contributed by atoms with Crippen molar-refractivity contribution in [3.8, 4) is 22.5 Å². The van der Waals surface area contributed by atoms with Gasteiger partial charge < -0.3 is 9.51 Å². The average molecular weight is 314 g/mol. The van der Waals surface area contributed by atoms with Crippen molar-refractivity contribution in [3.05, 3.63) is 47.6 Å². The van der Waals surface area contributed by atoms with Gasteiger partial charge in [-0.05, 0) is 12.1 Å². The van der Waals surface area contributed by atoms with Crippen molar-refractivity contribution in [2.75, 3.05) is 0 Å². The summed E-state index contributed by atoms with van der Waals surface area (Å²) in [4.78, 5) is 6.37. The van der Waals surface area contributed by atoms with Crippen molar-refractivity contribution in [2.45, 2.75) is 6.18 Å². The first kappa shape index (κ1) is 13.7. The van der Waals surface area contributed by atoms with Crippen molar-refractivity contribution in [3.63, 3.8) is 0 Å².